The number of ether oxygens (including phenoxy) is 1. The Labute approximate surface area is 105 Å². The number of nitrogens with zero attached hydrogens (tertiary/aromatic N) is 1. The summed E-state index contributed by atoms with van der Waals surface area (Å²) in [5, 5.41) is 0. The molecule has 3 rings (SSSR count). The zero-order valence-electron chi connectivity index (χ0n) is 9.64. The lowest BCUT2D eigenvalue weighted by molar-refractivity contribution is 0.415. The molecule has 0 aliphatic heterocycles. The highest BCUT2D eigenvalue weighted by molar-refractivity contribution is 7.71. The molecule has 0 atom stereocenters. The summed E-state index contributed by atoms with van der Waals surface area (Å²) >= 11 is 5.41. The highest BCUT2D eigenvalue weighted by atomic mass is 32.1. The summed E-state index contributed by atoms with van der Waals surface area (Å²) in [4.78, 5) is 3.25. The van der Waals surface area contributed by atoms with E-state index in [1.54, 1.807) is 7.11 Å². The fraction of sp³-hybridized carbons (Fsp3) is 0.308. The van der Waals surface area contributed by atoms with Gasteiger partial charge in [0.25, 0.3) is 0 Å². The van der Waals surface area contributed by atoms with E-state index in [1.165, 1.54) is 0 Å². The predicted octanol–water partition coefficient (Wildman–Crippen LogP) is 3.60. The van der Waals surface area contributed by atoms with Gasteiger partial charge in [0.15, 0.2) is 4.77 Å². The van der Waals surface area contributed by atoms with Crippen LogP contribution in [0.2, 0.25) is 0 Å². The first kappa shape index (κ1) is 10.6. The number of hydrogen-bond acceptors (Lipinski definition) is 2. The van der Waals surface area contributed by atoms with Gasteiger partial charge < -0.3 is 14.3 Å². The molecule has 0 radical (unpaired) electrons. The second kappa shape index (κ2) is 4.04. The van der Waals surface area contributed by atoms with Crippen LogP contribution in [0.25, 0.3) is 11.0 Å². The van der Waals surface area contributed by atoms with Gasteiger partial charge in [-0.3, -0.25) is 0 Å². The van der Waals surface area contributed by atoms with Gasteiger partial charge in [0, 0.05) is 12.1 Å². The third kappa shape index (κ3) is 1.69. The molecule has 0 saturated heterocycles. The van der Waals surface area contributed by atoms with E-state index in [0.717, 1.165) is 34.4 Å². The second-order valence-corrected chi connectivity index (χ2v) is 4.67. The number of rotatable bonds is 2. The number of aromatic nitrogens is 2. The molecule has 0 amide bonds. The van der Waals surface area contributed by atoms with Crippen LogP contribution in [-0.2, 0) is 0 Å². The van der Waals surface area contributed by atoms with E-state index >= 15 is 0 Å². The van der Waals surface area contributed by atoms with Crippen molar-refractivity contribution in [2.75, 3.05) is 7.11 Å². The number of H-pyrrole nitrogens is 1. The number of hydrogen-bond donors (Lipinski definition) is 1. The van der Waals surface area contributed by atoms with Crippen LogP contribution in [-0.4, -0.2) is 16.7 Å². The van der Waals surface area contributed by atoms with E-state index in [2.05, 4.69) is 21.7 Å². The zero-order valence-corrected chi connectivity index (χ0v) is 10.5. The van der Waals surface area contributed by atoms with Gasteiger partial charge in [-0.25, -0.2) is 0 Å². The smallest absolute Gasteiger partial charge is 0.178 e. The molecular weight excluding hydrogens is 232 g/mol. The lowest BCUT2D eigenvalue weighted by Gasteiger charge is -2.12. The van der Waals surface area contributed by atoms with Gasteiger partial charge in [0.1, 0.15) is 5.75 Å². The normalized spacial score (nSPS) is 15.8. The minimum atomic E-state index is 0.448. The molecule has 0 saturated carbocycles. The maximum absolute atomic E-state index is 5.41. The van der Waals surface area contributed by atoms with Gasteiger partial charge >= 0.3 is 0 Å². The van der Waals surface area contributed by atoms with Crippen LogP contribution >= 0.6 is 12.2 Å². The quantitative estimate of drug-likeness (QED) is 0.648. The summed E-state index contributed by atoms with van der Waals surface area (Å²) in [6, 6.07) is 6.46. The number of nitrogens with one attached hydrogen (secondary N) is 1. The third-order valence-electron chi connectivity index (χ3n) is 3.27. The molecule has 1 aliphatic rings. The Bertz CT molecular complexity index is 630. The molecule has 1 heterocycles. The van der Waals surface area contributed by atoms with Gasteiger partial charge in [-0.15, -0.1) is 0 Å². The van der Waals surface area contributed by atoms with E-state index in [1.807, 2.05) is 18.2 Å². The maximum atomic E-state index is 5.41. The lowest BCUT2D eigenvalue weighted by Crippen LogP contribution is -2.04. The molecule has 1 N–H and O–H groups in total. The molecule has 4 heteroatoms. The summed E-state index contributed by atoms with van der Waals surface area (Å²) in [6.07, 6.45) is 6.54. The van der Waals surface area contributed by atoms with Crippen molar-refractivity contribution in [3.63, 3.8) is 0 Å². The number of methoxy groups -OCH3 is 1. The van der Waals surface area contributed by atoms with Crippen molar-refractivity contribution in [2.45, 2.75) is 18.9 Å². The zero-order chi connectivity index (χ0) is 11.8. The molecule has 1 aromatic heterocycles. The standard InChI is InChI=1S/C13H14N2OS/c1-16-10-6-7-11-12(8-10)15(13(17)14-11)9-4-2-3-5-9/h2-3,6-9H,4-5H2,1H3,(H,14,17). The Morgan fingerprint density at radius 3 is 2.82 bits per heavy atom. The SMILES string of the molecule is COc1ccc2[nH]c(=S)n(C3CC=CC3)c2c1. The number of imidazole rings is 1. The minimum Gasteiger partial charge on any atom is -0.497 e. The molecule has 17 heavy (non-hydrogen) atoms. The molecule has 0 unspecified atom stereocenters. The molecular formula is C13H14N2OS. The van der Waals surface area contributed by atoms with Crippen LogP contribution in [0, 0.1) is 4.77 Å². The van der Waals surface area contributed by atoms with E-state index < -0.39 is 0 Å². The number of benzene rings is 1. The van der Waals surface area contributed by atoms with Crippen molar-refractivity contribution < 1.29 is 4.74 Å². The Morgan fingerprint density at radius 1 is 1.35 bits per heavy atom. The second-order valence-electron chi connectivity index (χ2n) is 4.28. The highest BCUT2D eigenvalue weighted by Crippen LogP contribution is 2.30. The largest absolute Gasteiger partial charge is 0.497 e. The van der Waals surface area contributed by atoms with Crippen molar-refractivity contribution in [1.82, 2.24) is 9.55 Å². The molecule has 1 aliphatic carbocycles. The molecule has 2 aromatic rings. The average molecular weight is 246 g/mol. The van der Waals surface area contributed by atoms with E-state index in [9.17, 15) is 0 Å². The molecule has 0 fully saturated rings. The minimum absolute atomic E-state index is 0.448. The van der Waals surface area contributed by atoms with Crippen LogP contribution in [0.4, 0.5) is 0 Å². The molecule has 3 nitrogen and oxygen atoms in total. The van der Waals surface area contributed by atoms with Crippen LogP contribution in [0.3, 0.4) is 0 Å². The first-order valence-corrected chi connectivity index (χ1v) is 6.13. The summed E-state index contributed by atoms with van der Waals surface area (Å²) in [7, 11) is 1.68. The van der Waals surface area contributed by atoms with Crippen molar-refractivity contribution >= 4 is 23.3 Å². The summed E-state index contributed by atoms with van der Waals surface area (Å²) in [6.45, 7) is 0. The average Bonchev–Trinajstić information content (AvgIpc) is 2.93. The molecule has 0 spiro atoms. The van der Waals surface area contributed by atoms with Crippen LogP contribution < -0.4 is 4.74 Å². The van der Waals surface area contributed by atoms with Crippen LogP contribution in [0.15, 0.2) is 30.4 Å². The van der Waals surface area contributed by atoms with Crippen molar-refractivity contribution in [3.05, 3.63) is 35.1 Å². The van der Waals surface area contributed by atoms with Crippen molar-refractivity contribution in [3.8, 4) is 5.75 Å². The van der Waals surface area contributed by atoms with E-state index in [0.29, 0.717) is 6.04 Å². The highest BCUT2D eigenvalue weighted by Gasteiger charge is 2.16. The first-order valence-electron chi connectivity index (χ1n) is 5.73. The summed E-state index contributed by atoms with van der Waals surface area (Å²) in [5.74, 6) is 0.867. The Hall–Kier alpha value is -1.55. The van der Waals surface area contributed by atoms with Gasteiger partial charge in [-0.2, -0.15) is 0 Å². The van der Waals surface area contributed by atoms with Crippen molar-refractivity contribution in [1.29, 1.82) is 0 Å². The topological polar surface area (TPSA) is 29.9 Å². The van der Waals surface area contributed by atoms with Gasteiger partial charge in [0.2, 0.25) is 0 Å². The number of fused-ring (bicyclic) bond motifs is 1. The monoisotopic (exact) mass is 246 g/mol. The van der Waals surface area contributed by atoms with E-state index in [4.69, 9.17) is 17.0 Å². The summed E-state index contributed by atoms with van der Waals surface area (Å²) < 4.78 is 8.27. The first-order chi connectivity index (χ1) is 8.29. The Morgan fingerprint density at radius 2 is 2.12 bits per heavy atom. The van der Waals surface area contributed by atoms with Gasteiger partial charge in [0.05, 0.1) is 18.1 Å². The molecule has 88 valence electrons. The molecule has 0 bridgehead atoms. The third-order valence-corrected chi connectivity index (χ3v) is 3.57. The fourth-order valence-electron chi connectivity index (χ4n) is 2.40. The van der Waals surface area contributed by atoms with Gasteiger partial charge in [-0.05, 0) is 37.2 Å². The Balaban J connectivity index is 2.21. The fourth-order valence-corrected chi connectivity index (χ4v) is 2.76. The van der Waals surface area contributed by atoms with E-state index in [-0.39, 0.29) is 0 Å². The predicted molar refractivity (Wildman–Crippen MR) is 71.1 cm³/mol. The number of aromatic amines is 1. The lowest BCUT2D eigenvalue weighted by atomic mass is 10.2. The van der Waals surface area contributed by atoms with Gasteiger partial charge in [-0.1, -0.05) is 12.2 Å². The molecule has 1 aromatic carbocycles. The van der Waals surface area contributed by atoms with Crippen LogP contribution in [0.1, 0.15) is 18.9 Å². The van der Waals surface area contributed by atoms with Crippen molar-refractivity contribution in [2.24, 2.45) is 0 Å². The summed E-state index contributed by atoms with van der Waals surface area (Å²) in [5.41, 5.74) is 2.20. The number of allylic oxidation sites excluding steroid dienone is 2. The van der Waals surface area contributed by atoms with Crippen LogP contribution in [0.5, 0.6) is 5.75 Å². The maximum Gasteiger partial charge on any atom is 0.178 e. The Kier molecular flexibility index (Phi) is 2.52.